The highest BCUT2D eigenvalue weighted by molar-refractivity contribution is 6.32. The Morgan fingerprint density at radius 2 is 2.03 bits per heavy atom. The van der Waals surface area contributed by atoms with Gasteiger partial charge in [-0.3, -0.25) is 4.79 Å². The standard InChI is InChI=1S/C20H25ClF3N3O3/c1-13(2)5-8-30-18-15(21)9-14(10-16(18)29-4)19(28)26(3)11-17-25-6-7-27(17)12-20(22,23)24/h6-7,9-10,13H,5,8,11-12H2,1-4H3. The molecule has 0 N–H and O–H groups in total. The molecule has 0 bridgehead atoms. The molecule has 0 fully saturated rings. The number of benzene rings is 1. The summed E-state index contributed by atoms with van der Waals surface area (Å²) in [4.78, 5) is 18.0. The van der Waals surface area contributed by atoms with E-state index >= 15 is 0 Å². The second-order valence-electron chi connectivity index (χ2n) is 7.27. The molecule has 0 radical (unpaired) electrons. The summed E-state index contributed by atoms with van der Waals surface area (Å²) in [6, 6.07) is 2.95. The lowest BCUT2D eigenvalue weighted by molar-refractivity contribution is -0.141. The smallest absolute Gasteiger partial charge is 0.406 e. The minimum atomic E-state index is -4.38. The van der Waals surface area contributed by atoms with Crippen LogP contribution in [-0.4, -0.2) is 47.3 Å². The molecule has 166 valence electrons. The molecule has 0 saturated carbocycles. The van der Waals surface area contributed by atoms with Crippen molar-refractivity contribution in [3.05, 3.63) is 40.9 Å². The minimum Gasteiger partial charge on any atom is -0.493 e. The fourth-order valence-electron chi connectivity index (χ4n) is 2.71. The number of hydrogen-bond donors (Lipinski definition) is 0. The number of imidazole rings is 1. The molecule has 0 aliphatic carbocycles. The molecule has 10 heteroatoms. The van der Waals surface area contributed by atoms with Crippen molar-refractivity contribution in [1.82, 2.24) is 14.5 Å². The Labute approximate surface area is 178 Å². The Hall–Kier alpha value is -2.42. The molecule has 1 heterocycles. The first-order valence-corrected chi connectivity index (χ1v) is 9.72. The summed E-state index contributed by atoms with van der Waals surface area (Å²) in [6.07, 6.45) is -1.06. The van der Waals surface area contributed by atoms with Crippen LogP contribution in [-0.2, 0) is 13.1 Å². The highest BCUT2D eigenvalue weighted by Gasteiger charge is 2.29. The highest BCUT2D eigenvalue weighted by Crippen LogP contribution is 2.37. The predicted molar refractivity (Wildman–Crippen MR) is 107 cm³/mol. The van der Waals surface area contributed by atoms with Gasteiger partial charge in [0.05, 0.1) is 25.3 Å². The van der Waals surface area contributed by atoms with Crippen LogP contribution in [0.25, 0.3) is 0 Å². The van der Waals surface area contributed by atoms with Crippen LogP contribution < -0.4 is 9.47 Å². The molecule has 1 amide bonds. The van der Waals surface area contributed by atoms with Gasteiger partial charge in [0.1, 0.15) is 12.4 Å². The molecule has 0 aliphatic heterocycles. The normalized spacial score (nSPS) is 11.6. The van der Waals surface area contributed by atoms with Gasteiger partial charge in [-0.15, -0.1) is 0 Å². The van der Waals surface area contributed by atoms with Crippen molar-refractivity contribution in [1.29, 1.82) is 0 Å². The van der Waals surface area contributed by atoms with Crippen molar-refractivity contribution in [3.8, 4) is 11.5 Å². The first kappa shape index (κ1) is 23.9. The summed E-state index contributed by atoms with van der Waals surface area (Å²) in [6.45, 7) is 3.31. The summed E-state index contributed by atoms with van der Waals surface area (Å²) in [5.41, 5.74) is 0.226. The first-order chi connectivity index (χ1) is 14.0. The van der Waals surface area contributed by atoms with Gasteiger partial charge < -0.3 is 18.9 Å². The number of amides is 1. The van der Waals surface area contributed by atoms with E-state index in [1.165, 1.54) is 43.6 Å². The summed E-state index contributed by atoms with van der Waals surface area (Å²) in [7, 11) is 2.91. The zero-order valence-electron chi connectivity index (χ0n) is 17.3. The fourth-order valence-corrected chi connectivity index (χ4v) is 2.98. The van der Waals surface area contributed by atoms with E-state index in [0.29, 0.717) is 24.0 Å². The van der Waals surface area contributed by atoms with Crippen LogP contribution in [0, 0.1) is 5.92 Å². The van der Waals surface area contributed by atoms with Crippen molar-refractivity contribution in [2.75, 3.05) is 20.8 Å². The van der Waals surface area contributed by atoms with Gasteiger partial charge in [0.25, 0.3) is 5.91 Å². The third-order valence-electron chi connectivity index (χ3n) is 4.29. The molecule has 0 aliphatic rings. The lowest BCUT2D eigenvalue weighted by atomic mass is 10.1. The number of carbonyl (C=O) groups excluding carboxylic acids is 1. The molecule has 30 heavy (non-hydrogen) atoms. The Morgan fingerprint density at radius 1 is 1.33 bits per heavy atom. The molecule has 0 atom stereocenters. The largest absolute Gasteiger partial charge is 0.493 e. The summed E-state index contributed by atoms with van der Waals surface area (Å²) in [5, 5.41) is 0.216. The fraction of sp³-hybridized carbons (Fsp3) is 0.500. The maximum atomic E-state index is 12.8. The molecule has 0 unspecified atom stereocenters. The first-order valence-electron chi connectivity index (χ1n) is 9.34. The van der Waals surface area contributed by atoms with Gasteiger partial charge in [-0.2, -0.15) is 13.2 Å². The Balaban J connectivity index is 2.16. The van der Waals surface area contributed by atoms with Crippen molar-refractivity contribution in [2.45, 2.75) is 39.5 Å². The summed E-state index contributed by atoms with van der Waals surface area (Å²) < 4.78 is 50.0. The van der Waals surface area contributed by atoms with Crippen molar-refractivity contribution in [2.24, 2.45) is 5.92 Å². The number of halogens is 4. The molecular formula is C20H25ClF3N3O3. The van der Waals surface area contributed by atoms with Gasteiger partial charge in [0.2, 0.25) is 0 Å². The highest BCUT2D eigenvalue weighted by atomic mass is 35.5. The second kappa shape index (κ2) is 10.1. The van der Waals surface area contributed by atoms with Gasteiger partial charge in [0, 0.05) is 25.0 Å². The van der Waals surface area contributed by atoms with Crippen molar-refractivity contribution < 1.29 is 27.4 Å². The molecule has 1 aromatic heterocycles. The lowest BCUT2D eigenvalue weighted by Crippen LogP contribution is -2.29. The molecule has 2 rings (SSSR count). The number of aromatic nitrogens is 2. The van der Waals surface area contributed by atoms with E-state index < -0.39 is 18.6 Å². The van der Waals surface area contributed by atoms with Gasteiger partial charge >= 0.3 is 6.18 Å². The van der Waals surface area contributed by atoms with Crippen LogP contribution in [0.4, 0.5) is 13.2 Å². The van der Waals surface area contributed by atoms with E-state index in [4.69, 9.17) is 21.1 Å². The zero-order valence-corrected chi connectivity index (χ0v) is 18.0. The maximum Gasteiger partial charge on any atom is 0.406 e. The third kappa shape index (κ3) is 6.55. The third-order valence-corrected chi connectivity index (χ3v) is 4.58. The van der Waals surface area contributed by atoms with E-state index in [1.807, 2.05) is 0 Å². The van der Waals surface area contributed by atoms with E-state index in [1.54, 1.807) is 0 Å². The molecular weight excluding hydrogens is 423 g/mol. The van der Waals surface area contributed by atoms with E-state index in [0.717, 1.165) is 11.0 Å². The van der Waals surface area contributed by atoms with Crippen LogP contribution in [0.5, 0.6) is 11.5 Å². The number of nitrogens with zero attached hydrogens (tertiary/aromatic N) is 3. The van der Waals surface area contributed by atoms with Gasteiger partial charge in [-0.05, 0) is 24.5 Å². The number of rotatable bonds is 9. The van der Waals surface area contributed by atoms with Crippen LogP contribution in [0.2, 0.25) is 5.02 Å². The van der Waals surface area contributed by atoms with Crippen LogP contribution in [0.3, 0.4) is 0 Å². The lowest BCUT2D eigenvalue weighted by Gasteiger charge is -2.20. The quantitative estimate of drug-likeness (QED) is 0.554. The van der Waals surface area contributed by atoms with Crippen LogP contribution >= 0.6 is 11.6 Å². The average Bonchev–Trinajstić information content (AvgIpc) is 3.06. The molecule has 2 aromatic rings. The molecule has 1 aromatic carbocycles. The SMILES string of the molecule is COc1cc(C(=O)N(C)Cc2nccn2CC(F)(F)F)cc(Cl)c1OCCC(C)C. The zero-order chi connectivity index (χ0) is 22.5. The summed E-state index contributed by atoms with van der Waals surface area (Å²) in [5.74, 6) is 0.788. The number of hydrogen-bond acceptors (Lipinski definition) is 4. The van der Waals surface area contributed by atoms with Crippen molar-refractivity contribution >= 4 is 17.5 Å². The molecule has 6 nitrogen and oxygen atoms in total. The number of alkyl halides is 3. The van der Waals surface area contributed by atoms with E-state index in [2.05, 4.69) is 18.8 Å². The van der Waals surface area contributed by atoms with E-state index in [9.17, 15) is 18.0 Å². The Morgan fingerprint density at radius 3 is 2.63 bits per heavy atom. The number of ether oxygens (including phenoxy) is 2. The van der Waals surface area contributed by atoms with Gasteiger partial charge in [0.15, 0.2) is 11.5 Å². The maximum absolute atomic E-state index is 12.8. The van der Waals surface area contributed by atoms with Gasteiger partial charge in [-0.25, -0.2) is 4.98 Å². The molecule has 0 spiro atoms. The predicted octanol–water partition coefficient (Wildman–Crippen LogP) is 4.80. The van der Waals surface area contributed by atoms with E-state index in [-0.39, 0.29) is 23.0 Å². The number of carbonyl (C=O) groups is 1. The van der Waals surface area contributed by atoms with Crippen LogP contribution in [0.1, 0.15) is 36.5 Å². The summed E-state index contributed by atoms with van der Waals surface area (Å²) >= 11 is 6.30. The topological polar surface area (TPSA) is 56.6 Å². The Kier molecular flexibility index (Phi) is 8.00. The van der Waals surface area contributed by atoms with Crippen LogP contribution in [0.15, 0.2) is 24.5 Å². The second-order valence-corrected chi connectivity index (χ2v) is 7.68. The average molecular weight is 448 g/mol. The van der Waals surface area contributed by atoms with Gasteiger partial charge in [-0.1, -0.05) is 25.4 Å². The minimum absolute atomic E-state index is 0.103. The monoisotopic (exact) mass is 447 g/mol. The van der Waals surface area contributed by atoms with Crippen molar-refractivity contribution in [3.63, 3.8) is 0 Å². The molecule has 0 saturated heterocycles. The Bertz CT molecular complexity index is 869. The number of methoxy groups -OCH3 is 1.